The van der Waals surface area contributed by atoms with Crippen LogP contribution in [0, 0.1) is 6.92 Å². The van der Waals surface area contributed by atoms with Crippen LogP contribution in [0.15, 0.2) is 39.4 Å². The minimum atomic E-state index is -0.306. The first kappa shape index (κ1) is 10.9. The van der Waals surface area contributed by atoms with Crippen molar-refractivity contribution in [3.05, 3.63) is 46.5 Å². The molecular weight excluding hydrogens is 272 g/mol. The predicted molar refractivity (Wildman–Crippen MR) is 63.3 cm³/mol. The Morgan fingerprint density at radius 2 is 2.25 bits per heavy atom. The molecule has 2 aromatic heterocycles. The van der Waals surface area contributed by atoms with E-state index in [0.29, 0.717) is 5.82 Å². The van der Waals surface area contributed by atoms with Crippen molar-refractivity contribution >= 4 is 27.7 Å². The third kappa shape index (κ3) is 2.30. The van der Waals surface area contributed by atoms with Crippen molar-refractivity contribution in [2.24, 2.45) is 0 Å². The standard InChI is InChI=1S/C11H9BrN2O2/c1-7-8(12)4-5-10(13-7)14-11(15)9-3-2-6-16-9/h2-6H,1H3,(H,13,14,15). The molecule has 2 aromatic rings. The highest BCUT2D eigenvalue weighted by molar-refractivity contribution is 9.10. The summed E-state index contributed by atoms with van der Waals surface area (Å²) in [7, 11) is 0. The summed E-state index contributed by atoms with van der Waals surface area (Å²) >= 11 is 3.34. The molecule has 0 aromatic carbocycles. The van der Waals surface area contributed by atoms with E-state index in [0.717, 1.165) is 10.2 Å². The summed E-state index contributed by atoms with van der Waals surface area (Å²) in [5, 5.41) is 2.65. The Balaban J connectivity index is 2.15. The monoisotopic (exact) mass is 280 g/mol. The minimum Gasteiger partial charge on any atom is -0.459 e. The predicted octanol–water partition coefficient (Wildman–Crippen LogP) is 3.00. The number of carbonyl (C=O) groups excluding carboxylic acids is 1. The molecule has 1 N–H and O–H groups in total. The average molecular weight is 281 g/mol. The molecule has 1 amide bonds. The summed E-state index contributed by atoms with van der Waals surface area (Å²) in [6.45, 7) is 1.85. The van der Waals surface area contributed by atoms with Gasteiger partial charge in [0.05, 0.1) is 12.0 Å². The van der Waals surface area contributed by atoms with Gasteiger partial charge in [-0.25, -0.2) is 4.98 Å². The van der Waals surface area contributed by atoms with Crippen LogP contribution < -0.4 is 5.32 Å². The number of anilines is 1. The molecule has 0 radical (unpaired) electrons. The number of aryl methyl sites for hydroxylation is 1. The molecule has 0 atom stereocenters. The SMILES string of the molecule is Cc1nc(NC(=O)c2ccco2)ccc1Br. The molecule has 0 saturated carbocycles. The fourth-order valence-corrected chi connectivity index (χ4v) is 1.42. The number of hydrogen-bond donors (Lipinski definition) is 1. The fraction of sp³-hybridized carbons (Fsp3) is 0.0909. The Labute approximate surface area is 101 Å². The zero-order chi connectivity index (χ0) is 11.5. The number of pyridine rings is 1. The molecule has 0 fully saturated rings. The van der Waals surface area contributed by atoms with E-state index in [1.165, 1.54) is 6.26 Å². The van der Waals surface area contributed by atoms with Gasteiger partial charge < -0.3 is 9.73 Å². The lowest BCUT2D eigenvalue weighted by Gasteiger charge is -2.04. The maximum Gasteiger partial charge on any atom is 0.292 e. The molecule has 0 bridgehead atoms. The Kier molecular flexibility index (Phi) is 3.05. The molecule has 0 aliphatic carbocycles. The topological polar surface area (TPSA) is 55.1 Å². The van der Waals surface area contributed by atoms with Crippen LogP contribution in [0.25, 0.3) is 0 Å². The van der Waals surface area contributed by atoms with Gasteiger partial charge in [0.2, 0.25) is 0 Å². The minimum absolute atomic E-state index is 0.266. The van der Waals surface area contributed by atoms with Crippen LogP contribution in [0.2, 0.25) is 0 Å². The van der Waals surface area contributed by atoms with E-state index in [2.05, 4.69) is 26.2 Å². The molecule has 16 heavy (non-hydrogen) atoms. The van der Waals surface area contributed by atoms with E-state index in [9.17, 15) is 4.79 Å². The second-order valence-electron chi connectivity index (χ2n) is 3.20. The van der Waals surface area contributed by atoms with Crippen LogP contribution in [0.3, 0.4) is 0 Å². The van der Waals surface area contributed by atoms with Crippen molar-refractivity contribution in [1.29, 1.82) is 0 Å². The van der Waals surface area contributed by atoms with Gasteiger partial charge >= 0.3 is 0 Å². The summed E-state index contributed by atoms with van der Waals surface area (Å²) in [6.07, 6.45) is 1.45. The maximum absolute atomic E-state index is 11.6. The van der Waals surface area contributed by atoms with E-state index in [4.69, 9.17) is 4.42 Å². The van der Waals surface area contributed by atoms with E-state index in [-0.39, 0.29) is 11.7 Å². The number of rotatable bonds is 2. The van der Waals surface area contributed by atoms with Crippen molar-refractivity contribution in [3.8, 4) is 0 Å². The van der Waals surface area contributed by atoms with Crippen LogP contribution >= 0.6 is 15.9 Å². The van der Waals surface area contributed by atoms with Gasteiger partial charge in [0, 0.05) is 4.47 Å². The molecule has 82 valence electrons. The summed E-state index contributed by atoms with van der Waals surface area (Å²) in [6, 6.07) is 6.81. The van der Waals surface area contributed by atoms with Gasteiger partial charge in [-0.1, -0.05) is 0 Å². The second-order valence-corrected chi connectivity index (χ2v) is 4.05. The summed E-state index contributed by atoms with van der Waals surface area (Å²) in [5.74, 6) is 0.462. The zero-order valence-electron chi connectivity index (χ0n) is 8.53. The van der Waals surface area contributed by atoms with E-state index < -0.39 is 0 Å². The first-order valence-electron chi connectivity index (χ1n) is 4.65. The number of nitrogens with zero attached hydrogens (tertiary/aromatic N) is 1. The van der Waals surface area contributed by atoms with Crippen molar-refractivity contribution in [3.63, 3.8) is 0 Å². The highest BCUT2D eigenvalue weighted by Gasteiger charge is 2.09. The molecule has 5 heteroatoms. The van der Waals surface area contributed by atoms with Crippen LogP contribution in [0.1, 0.15) is 16.2 Å². The molecule has 2 rings (SSSR count). The zero-order valence-corrected chi connectivity index (χ0v) is 10.1. The third-order valence-electron chi connectivity index (χ3n) is 2.01. The first-order chi connectivity index (χ1) is 7.66. The Bertz CT molecular complexity index is 509. The molecule has 0 saturated heterocycles. The normalized spacial score (nSPS) is 10.1. The average Bonchev–Trinajstić information content (AvgIpc) is 2.77. The smallest absolute Gasteiger partial charge is 0.292 e. The first-order valence-corrected chi connectivity index (χ1v) is 5.44. The maximum atomic E-state index is 11.6. The molecule has 0 unspecified atom stereocenters. The second kappa shape index (κ2) is 4.49. The van der Waals surface area contributed by atoms with Gasteiger partial charge in [-0.15, -0.1) is 0 Å². The number of nitrogens with one attached hydrogen (secondary N) is 1. The molecule has 0 spiro atoms. The van der Waals surface area contributed by atoms with Crippen LogP contribution in [-0.2, 0) is 0 Å². The van der Waals surface area contributed by atoms with Gasteiger partial charge in [0.1, 0.15) is 5.82 Å². The van der Waals surface area contributed by atoms with Crippen molar-refractivity contribution in [1.82, 2.24) is 4.98 Å². The molecule has 4 nitrogen and oxygen atoms in total. The van der Waals surface area contributed by atoms with E-state index >= 15 is 0 Å². The lowest BCUT2D eigenvalue weighted by atomic mass is 10.3. The quantitative estimate of drug-likeness (QED) is 0.920. The van der Waals surface area contributed by atoms with Crippen molar-refractivity contribution < 1.29 is 9.21 Å². The number of aromatic nitrogens is 1. The van der Waals surface area contributed by atoms with Gasteiger partial charge in [-0.05, 0) is 47.1 Å². The van der Waals surface area contributed by atoms with Gasteiger partial charge in [0.25, 0.3) is 5.91 Å². The summed E-state index contributed by atoms with van der Waals surface area (Å²) < 4.78 is 5.88. The molecule has 0 aliphatic rings. The highest BCUT2D eigenvalue weighted by atomic mass is 79.9. The lowest BCUT2D eigenvalue weighted by molar-refractivity contribution is 0.0996. The molecule has 2 heterocycles. The summed E-state index contributed by atoms with van der Waals surface area (Å²) in [5.41, 5.74) is 0.817. The van der Waals surface area contributed by atoms with Crippen LogP contribution in [0.4, 0.5) is 5.82 Å². The van der Waals surface area contributed by atoms with Crippen molar-refractivity contribution in [2.45, 2.75) is 6.92 Å². The lowest BCUT2D eigenvalue weighted by Crippen LogP contribution is -2.12. The Morgan fingerprint density at radius 3 is 2.88 bits per heavy atom. The molecule has 0 aliphatic heterocycles. The van der Waals surface area contributed by atoms with E-state index in [1.54, 1.807) is 18.2 Å². The van der Waals surface area contributed by atoms with E-state index in [1.807, 2.05) is 13.0 Å². The van der Waals surface area contributed by atoms with Gasteiger partial charge in [0.15, 0.2) is 5.76 Å². The highest BCUT2D eigenvalue weighted by Crippen LogP contribution is 2.16. The van der Waals surface area contributed by atoms with Gasteiger partial charge in [-0.3, -0.25) is 4.79 Å². The number of carbonyl (C=O) groups is 1. The Hall–Kier alpha value is -1.62. The number of amides is 1. The third-order valence-corrected chi connectivity index (χ3v) is 2.85. The fourth-order valence-electron chi connectivity index (χ4n) is 1.20. The number of furan rings is 1. The van der Waals surface area contributed by atoms with Gasteiger partial charge in [-0.2, -0.15) is 0 Å². The largest absolute Gasteiger partial charge is 0.459 e. The number of halogens is 1. The van der Waals surface area contributed by atoms with Crippen molar-refractivity contribution in [2.75, 3.05) is 5.32 Å². The summed E-state index contributed by atoms with van der Waals surface area (Å²) in [4.78, 5) is 15.8. The Morgan fingerprint density at radius 1 is 1.44 bits per heavy atom. The van der Waals surface area contributed by atoms with Crippen LogP contribution in [-0.4, -0.2) is 10.9 Å². The number of hydrogen-bond acceptors (Lipinski definition) is 3. The van der Waals surface area contributed by atoms with Crippen LogP contribution in [0.5, 0.6) is 0 Å². The molecular formula is C11H9BrN2O2.